The Kier molecular flexibility index (Phi) is 17.9. The van der Waals surface area contributed by atoms with E-state index in [1.54, 1.807) is 6.08 Å². The summed E-state index contributed by atoms with van der Waals surface area (Å²) in [6, 6.07) is 6.51. The third kappa shape index (κ3) is 11.4. The standard InChI is InChI=1S/C29H51IO5Si2/c1-11-36(12-2,13-3)34-27(21-23-30)29(8,35-37(14-4,15-5)16-6)22-19-17-18-20-25(7)24-26(32-9)28(31)33-10/h17-24,27H,11-16H2,1-10H3/b18-17+,22-19+,23-21-,25-20+,26-24-/t27-,29+/m0/s1. The summed E-state index contributed by atoms with van der Waals surface area (Å²) in [5, 5.41) is 0. The number of hydrogen-bond acceptors (Lipinski definition) is 5. The molecule has 0 heterocycles. The van der Waals surface area contributed by atoms with Gasteiger partial charge in [-0.25, -0.2) is 4.79 Å². The topological polar surface area (TPSA) is 54.0 Å². The summed E-state index contributed by atoms with van der Waals surface area (Å²) in [5.41, 5.74) is 0.295. The summed E-state index contributed by atoms with van der Waals surface area (Å²) in [4.78, 5) is 11.7. The normalized spacial score (nSPS) is 16.5. The van der Waals surface area contributed by atoms with Crippen LogP contribution in [-0.4, -0.2) is 48.5 Å². The van der Waals surface area contributed by atoms with Gasteiger partial charge in [-0.15, -0.1) is 0 Å². The Balaban J connectivity index is 6.32. The van der Waals surface area contributed by atoms with Crippen LogP contribution in [0.3, 0.4) is 0 Å². The zero-order valence-electron chi connectivity index (χ0n) is 24.9. The second kappa shape index (κ2) is 18.4. The summed E-state index contributed by atoms with van der Waals surface area (Å²) in [6.45, 7) is 17.7. The van der Waals surface area contributed by atoms with Gasteiger partial charge in [0, 0.05) is 0 Å². The Labute approximate surface area is 242 Å². The molecular weight excluding hydrogens is 611 g/mol. The van der Waals surface area contributed by atoms with Crippen LogP contribution in [0.2, 0.25) is 36.3 Å². The van der Waals surface area contributed by atoms with Crippen molar-refractivity contribution >= 4 is 45.2 Å². The highest BCUT2D eigenvalue weighted by molar-refractivity contribution is 14.1. The molecule has 0 N–H and O–H groups in total. The first-order chi connectivity index (χ1) is 17.5. The van der Waals surface area contributed by atoms with Gasteiger partial charge in [-0.1, -0.05) is 94.5 Å². The zero-order chi connectivity index (χ0) is 28.5. The van der Waals surface area contributed by atoms with Crippen molar-refractivity contribution in [2.45, 2.75) is 103 Å². The maximum atomic E-state index is 11.7. The Morgan fingerprint density at radius 3 is 1.84 bits per heavy atom. The molecule has 0 aromatic rings. The van der Waals surface area contributed by atoms with Crippen LogP contribution in [0.1, 0.15) is 55.4 Å². The van der Waals surface area contributed by atoms with E-state index in [1.165, 1.54) is 14.2 Å². The molecule has 0 aliphatic rings. The van der Waals surface area contributed by atoms with E-state index in [0.29, 0.717) is 0 Å². The van der Waals surface area contributed by atoms with Gasteiger partial charge in [-0.05, 0) is 71.9 Å². The fourth-order valence-corrected chi connectivity index (χ4v) is 10.7. The molecule has 0 bridgehead atoms. The van der Waals surface area contributed by atoms with Crippen LogP contribution in [0.5, 0.6) is 0 Å². The number of carbonyl (C=O) groups excluding carboxylic acids is 1. The first-order valence-corrected chi connectivity index (χ1v) is 19.9. The molecule has 0 radical (unpaired) electrons. The van der Waals surface area contributed by atoms with Crippen LogP contribution in [0.15, 0.2) is 57.9 Å². The lowest BCUT2D eigenvalue weighted by atomic mass is 9.98. The van der Waals surface area contributed by atoms with E-state index in [0.717, 1.165) is 41.8 Å². The van der Waals surface area contributed by atoms with Crippen molar-refractivity contribution in [1.82, 2.24) is 0 Å². The Bertz CT molecular complexity index is 810. The summed E-state index contributed by atoms with van der Waals surface area (Å²) < 4.78 is 26.1. The predicted octanol–water partition coefficient (Wildman–Crippen LogP) is 8.87. The number of hydrogen-bond donors (Lipinski definition) is 0. The van der Waals surface area contributed by atoms with Crippen molar-refractivity contribution in [2.75, 3.05) is 14.2 Å². The third-order valence-corrected chi connectivity index (χ3v) is 17.2. The lowest BCUT2D eigenvalue weighted by Gasteiger charge is -2.45. The fraction of sp³-hybridized carbons (Fsp3) is 0.621. The predicted molar refractivity (Wildman–Crippen MR) is 171 cm³/mol. The van der Waals surface area contributed by atoms with Gasteiger partial charge in [0.2, 0.25) is 5.76 Å². The molecule has 5 nitrogen and oxygen atoms in total. The first-order valence-electron chi connectivity index (χ1n) is 13.6. The molecule has 0 aliphatic heterocycles. The highest BCUT2D eigenvalue weighted by Crippen LogP contribution is 2.36. The molecule has 8 heteroatoms. The number of carbonyl (C=O) groups is 1. The molecule has 2 atom stereocenters. The average molecular weight is 663 g/mol. The second-order valence-electron chi connectivity index (χ2n) is 9.49. The number of allylic oxidation sites excluding steroid dienone is 6. The Hall–Kier alpha value is -0.946. The molecule has 0 amide bonds. The van der Waals surface area contributed by atoms with Crippen molar-refractivity contribution in [1.29, 1.82) is 0 Å². The average Bonchev–Trinajstić information content (AvgIpc) is 2.92. The van der Waals surface area contributed by atoms with Gasteiger partial charge in [-0.3, -0.25) is 0 Å². The minimum absolute atomic E-state index is 0.151. The molecule has 0 aromatic carbocycles. The maximum Gasteiger partial charge on any atom is 0.373 e. The van der Waals surface area contributed by atoms with Gasteiger partial charge in [0.1, 0.15) is 5.60 Å². The van der Waals surface area contributed by atoms with E-state index in [4.69, 9.17) is 18.3 Å². The van der Waals surface area contributed by atoms with E-state index in [1.807, 2.05) is 25.2 Å². The van der Waals surface area contributed by atoms with E-state index >= 15 is 0 Å². The maximum absolute atomic E-state index is 11.7. The molecule has 0 saturated carbocycles. The van der Waals surface area contributed by atoms with Gasteiger partial charge < -0.3 is 18.3 Å². The molecule has 0 unspecified atom stereocenters. The van der Waals surface area contributed by atoms with E-state index < -0.39 is 28.2 Å². The molecule has 0 aliphatic carbocycles. The SMILES string of the molecule is CC[Si](CC)(CC)O[C@@H](/C=C\I)[C@@](C)(/C=C/C=C/C=C(C)/C=C(\OC)C(=O)OC)O[Si](CC)(CC)CC. The lowest BCUT2D eigenvalue weighted by molar-refractivity contribution is -0.139. The van der Waals surface area contributed by atoms with Gasteiger partial charge in [0.05, 0.1) is 20.3 Å². The molecule has 0 fully saturated rings. The number of ether oxygens (including phenoxy) is 2. The van der Waals surface area contributed by atoms with Crippen molar-refractivity contribution in [2.24, 2.45) is 0 Å². The number of esters is 1. The minimum atomic E-state index is -1.93. The van der Waals surface area contributed by atoms with Crippen molar-refractivity contribution in [3.63, 3.8) is 0 Å². The van der Waals surface area contributed by atoms with Crippen molar-refractivity contribution < 1.29 is 23.1 Å². The summed E-state index contributed by atoms with van der Waals surface area (Å²) in [5.74, 6) is -0.329. The Morgan fingerprint density at radius 1 is 0.865 bits per heavy atom. The largest absolute Gasteiger partial charge is 0.490 e. The van der Waals surface area contributed by atoms with Crippen molar-refractivity contribution in [3.05, 3.63) is 57.9 Å². The second-order valence-corrected chi connectivity index (χ2v) is 19.6. The highest BCUT2D eigenvalue weighted by atomic mass is 127. The monoisotopic (exact) mass is 662 g/mol. The zero-order valence-corrected chi connectivity index (χ0v) is 29.0. The van der Waals surface area contributed by atoms with Crippen LogP contribution in [0.25, 0.3) is 0 Å². The van der Waals surface area contributed by atoms with Crippen LogP contribution < -0.4 is 0 Å². The van der Waals surface area contributed by atoms with Gasteiger partial charge in [0.15, 0.2) is 16.6 Å². The van der Waals surface area contributed by atoms with Crippen LogP contribution in [-0.2, 0) is 23.1 Å². The van der Waals surface area contributed by atoms with E-state index in [9.17, 15) is 4.79 Å². The van der Waals surface area contributed by atoms with E-state index in [-0.39, 0.29) is 11.9 Å². The summed E-state index contributed by atoms with van der Waals surface area (Å²) in [7, 11) is -1.01. The molecule has 0 aromatic heterocycles. The summed E-state index contributed by atoms with van der Waals surface area (Å²) >= 11 is 2.29. The number of halogens is 1. The molecular formula is C29H51IO5Si2. The first kappa shape index (κ1) is 36.1. The minimum Gasteiger partial charge on any atom is -0.490 e. The number of rotatable bonds is 18. The summed E-state index contributed by atoms with van der Waals surface area (Å²) in [6.07, 6.45) is 13.8. The van der Waals surface area contributed by atoms with Crippen LogP contribution in [0.4, 0.5) is 0 Å². The smallest absolute Gasteiger partial charge is 0.373 e. The lowest BCUT2D eigenvalue weighted by Crippen LogP contribution is -2.54. The van der Waals surface area contributed by atoms with E-state index in [2.05, 4.69) is 93.4 Å². The Morgan fingerprint density at radius 2 is 1.41 bits per heavy atom. The molecule has 212 valence electrons. The molecule has 0 spiro atoms. The van der Waals surface area contributed by atoms with Gasteiger partial charge >= 0.3 is 5.97 Å². The van der Waals surface area contributed by atoms with Crippen molar-refractivity contribution in [3.8, 4) is 0 Å². The molecule has 0 rings (SSSR count). The molecule has 37 heavy (non-hydrogen) atoms. The third-order valence-electron chi connectivity index (χ3n) is 7.47. The van der Waals surface area contributed by atoms with Gasteiger partial charge in [0.25, 0.3) is 0 Å². The molecule has 0 saturated heterocycles. The highest BCUT2D eigenvalue weighted by Gasteiger charge is 2.44. The fourth-order valence-electron chi connectivity index (χ4n) is 4.38. The number of methoxy groups -OCH3 is 2. The van der Waals surface area contributed by atoms with Gasteiger partial charge in [-0.2, -0.15) is 0 Å². The quantitative estimate of drug-likeness (QED) is 0.0367. The van der Waals surface area contributed by atoms with Crippen LogP contribution >= 0.6 is 22.6 Å². The van der Waals surface area contributed by atoms with Crippen LogP contribution in [0, 0.1) is 0 Å².